The van der Waals surface area contributed by atoms with Crippen molar-refractivity contribution in [2.45, 2.75) is 45.1 Å². The highest BCUT2D eigenvalue weighted by Gasteiger charge is 2.05. The van der Waals surface area contributed by atoms with Gasteiger partial charge in [0.05, 0.1) is 12.7 Å². The second kappa shape index (κ2) is 12.7. The van der Waals surface area contributed by atoms with E-state index < -0.39 is 6.10 Å². The lowest BCUT2D eigenvalue weighted by molar-refractivity contribution is -0.137. The van der Waals surface area contributed by atoms with Gasteiger partial charge < -0.3 is 9.84 Å². The van der Waals surface area contributed by atoms with E-state index in [9.17, 15) is 9.90 Å². The molecule has 0 aromatic carbocycles. The molecule has 3 heteroatoms. The van der Waals surface area contributed by atoms with Crippen molar-refractivity contribution in [3.63, 3.8) is 0 Å². The van der Waals surface area contributed by atoms with Gasteiger partial charge in [-0.3, -0.25) is 0 Å². The van der Waals surface area contributed by atoms with Crippen molar-refractivity contribution in [1.82, 2.24) is 0 Å². The third-order valence-electron chi connectivity index (χ3n) is 3.58. The first-order chi connectivity index (χ1) is 11.2. The number of rotatable bonds is 0. The molecule has 1 heterocycles. The molecule has 126 valence electrons. The first-order valence-corrected chi connectivity index (χ1v) is 8.40. The number of carbonyl (C=O) groups excluding carboxylic acids is 1. The van der Waals surface area contributed by atoms with Crippen molar-refractivity contribution in [2.75, 3.05) is 6.61 Å². The molecule has 0 spiro atoms. The Hall–Kier alpha value is -1.87. The second-order valence-electron chi connectivity index (χ2n) is 5.66. The zero-order valence-corrected chi connectivity index (χ0v) is 13.9. The third-order valence-corrected chi connectivity index (χ3v) is 3.58. The Bertz CT molecular complexity index is 469. The molecule has 0 unspecified atom stereocenters. The Morgan fingerprint density at radius 2 is 1.70 bits per heavy atom. The smallest absolute Gasteiger partial charge is 0.330 e. The van der Waals surface area contributed by atoms with E-state index in [-0.39, 0.29) is 11.9 Å². The Morgan fingerprint density at radius 3 is 2.57 bits per heavy atom. The van der Waals surface area contributed by atoms with E-state index in [1.165, 1.54) is 6.08 Å². The molecule has 2 atom stereocenters. The molecule has 1 aliphatic rings. The number of esters is 1. The van der Waals surface area contributed by atoms with Crippen LogP contribution in [0.15, 0.2) is 60.8 Å². The van der Waals surface area contributed by atoms with Crippen LogP contribution in [-0.2, 0) is 9.53 Å². The SMILES string of the molecule is C[C@@H]1/C=C/C=C/C=CC(=O)OCCCCCC/C=C/C=C/[C@H]1O. The monoisotopic (exact) mass is 316 g/mol. The van der Waals surface area contributed by atoms with E-state index in [1.807, 2.05) is 43.4 Å². The maximum atomic E-state index is 11.4. The maximum absolute atomic E-state index is 11.4. The third kappa shape index (κ3) is 10.5. The Balaban J connectivity index is 2.59. The summed E-state index contributed by atoms with van der Waals surface area (Å²) in [4.78, 5) is 11.4. The molecule has 1 rings (SSSR count). The van der Waals surface area contributed by atoms with Gasteiger partial charge in [0.25, 0.3) is 0 Å². The molecule has 0 aliphatic carbocycles. The van der Waals surface area contributed by atoms with E-state index in [0.717, 1.165) is 32.1 Å². The van der Waals surface area contributed by atoms with Gasteiger partial charge in [0.2, 0.25) is 0 Å². The molecule has 0 aromatic heterocycles. The fourth-order valence-corrected chi connectivity index (χ4v) is 2.08. The van der Waals surface area contributed by atoms with E-state index in [2.05, 4.69) is 6.08 Å². The standard InChI is InChI=1S/C20H28O3/c1-18-14-10-7-8-12-16-20(22)23-17-13-9-5-3-2-4-6-11-15-19(18)21/h4,6-8,10-12,14-16,18-19,21H,2-3,5,9,13,17H2,1H3/b6-4+,8-7+,14-10+,15-11+,16-12?/t18-,19-/m1/s1. The van der Waals surface area contributed by atoms with Crippen molar-refractivity contribution in [3.05, 3.63) is 60.8 Å². The van der Waals surface area contributed by atoms with Crippen molar-refractivity contribution < 1.29 is 14.6 Å². The van der Waals surface area contributed by atoms with Crippen LogP contribution in [0.3, 0.4) is 0 Å². The van der Waals surface area contributed by atoms with E-state index in [4.69, 9.17) is 4.74 Å². The van der Waals surface area contributed by atoms with Crippen LogP contribution in [0.1, 0.15) is 39.0 Å². The largest absolute Gasteiger partial charge is 0.463 e. The molecule has 1 N–H and O–H groups in total. The predicted octanol–water partition coefficient (Wildman–Crippen LogP) is 4.27. The normalized spacial score (nSPS) is 30.8. The van der Waals surface area contributed by atoms with Gasteiger partial charge in [0.15, 0.2) is 0 Å². The second-order valence-corrected chi connectivity index (χ2v) is 5.66. The van der Waals surface area contributed by atoms with Crippen molar-refractivity contribution in [2.24, 2.45) is 5.92 Å². The molecule has 0 radical (unpaired) electrons. The number of carbonyl (C=O) groups is 1. The number of ether oxygens (including phenoxy) is 1. The van der Waals surface area contributed by atoms with E-state index >= 15 is 0 Å². The molecule has 0 aromatic rings. The molecular formula is C20H28O3. The summed E-state index contributed by atoms with van der Waals surface area (Å²) < 4.78 is 5.12. The van der Waals surface area contributed by atoms with Crippen LogP contribution in [0.25, 0.3) is 0 Å². The molecule has 23 heavy (non-hydrogen) atoms. The number of allylic oxidation sites excluding steroid dienone is 7. The van der Waals surface area contributed by atoms with Gasteiger partial charge >= 0.3 is 5.97 Å². The van der Waals surface area contributed by atoms with Crippen LogP contribution in [-0.4, -0.2) is 23.8 Å². The van der Waals surface area contributed by atoms with Gasteiger partial charge in [-0.1, -0.05) is 74.4 Å². The molecule has 0 saturated heterocycles. The lowest BCUT2D eigenvalue weighted by atomic mass is 10.0. The fraction of sp³-hybridized carbons (Fsp3) is 0.450. The van der Waals surface area contributed by atoms with Gasteiger partial charge in [-0.15, -0.1) is 0 Å². The van der Waals surface area contributed by atoms with Gasteiger partial charge in [-0.2, -0.15) is 0 Å². The number of cyclic esters (lactones) is 1. The zero-order chi connectivity index (χ0) is 16.8. The first-order valence-electron chi connectivity index (χ1n) is 8.40. The summed E-state index contributed by atoms with van der Waals surface area (Å²) in [5.41, 5.74) is 0. The highest BCUT2D eigenvalue weighted by Crippen LogP contribution is 2.07. The van der Waals surface area contributed by atoms with Gasteiger partial charge in [-0.05, 0) is 19.3 Å². The summed E-state index contributed by atoms with van der Waals surface area (Å²) in [7, 11) is 0. The maximum Gasteiger partial charge on any atom is 0.330 e. The minimum atomic E-state index is -0.500. The number of aliphatic hydroxyl groups excluding tert-OH is 1. The minimum absolute atomic E-state index is 0.0313. The van der Waals surface area contributed by atoms with Crippen LogP contribution >= 0.6 is 0 Å². The molecule has 0 bridgehead atoms. The minimum Gasteiger partial charge on any atom is -0.463 e. The van der Waals surface area contributed by atoms with Gasteiger partial charge in [0.1, 0.15) is 0 Å². The van der Waals surface area contributed by atoms with Crippen LogP contribution in [0, 0.1) is 5.92 Å². The lowest BCUT2D eigenvalue weighted by Crippen LogP contribution is -2.11. The quantitative estimate of drug-likeness (QED) is 0.679. The predicted molar refractivity (Wildman–Crippen MR) is 94.9 cm³/mol. The summed E-state index contributed by atoms with van der Waals surface area (Å²) in [6.45, 7) is 2.45. The molecule has 0 fully saturated rings. The summed E-state index contributed by atoms with van der Waals surface area (Å²) in [6.07, 6.45) is 23.1. The molecule has 0 amide bonds. The molecule has 1 aliphatic heterocycles. The molecular weight excluding hydrogens is 288 g/mol. The van der Waals surface area contributed by atoms with Crippen molar-refractivity contribution in [1.29, 1.82) is 0 Å². The summed E-state index contributed by atoms with van der Waals surface area (Å²) in [5, 5.41) is 10.0. The molecule has 0 saturated carbocycles. The van der Waals surface area contributed by atoms with Crippen LogP contribution < -0.4 is 0 Å². The summed E-state index contributed by atoms with van der Waals surface area (Å²) in [5.74, 6) is -0.270. The fourth-order valence-electron chi connectivity index (χ4n) is 2.08. The lowest BCUT2D eigenvalue weighted by Gasteiger charge is -2.09. The average Bonchev–Trinajstić information content (AvgIpc) is 2.54. The van der Waals surface area contributed by atoms with Crippen molar-refractivity contribution >= 4 is 5.97 Å². The van der Waals surface area contributed by atoms with E-state index in [1.54, 1.807) is 12.2 Å². The zero-order valence-electron chi connectivity index (χ0n) is 13.9. The highest BCUT2D eigenvalue weighted by atomic mass is 16.5. The Morgan fingerprint density at radius 1 is 0.957 bits per heavy atom. The summed E-state index contributed by atoms with van der Waals surface area (Å²) >= 11 is 0. The van der Waals surface area contributed by atoms with Crippen LogP contribution in [0.5, 0.6) is 0 Å². The Kier molecular flexibility index (Phi) is 10.5. The van der Waals surface area contributed by atoms with Gasteiger partial charge in [0, 0.05) is 12.0 Å². The topological polar surface area (TPSA) is 46.5 Å². The van der Waals surface area contributed by atoms with Crippen LogP contribution in [0.4, 0.5) is 0 Å². The Labute approximate surface area is 139 Å². The van der Waals surface area contributed by atoms with Gasteiger partial charge in [-0.25, -0.2) is 4.79 Å². The molecule has 3 nitrogen and oxygen atoms in total. The number of hydrogen-bond acceptors (Lipinski definition) is 3. The van der Waals surface area contributed by atoms with Crippen molar-refractivity contribution in [3.8, 4) is 0 Å². The highest BCUT2D eigenvalue weighted by molar-refractivity contribution is 5.82. The van der Waals surface area contributed by atoms with E-state index in [0.29, 0.717) is 6.61 Å². The summed E-state index contributed by atoms with van der Waals surface area (Å²) in [6, 6.07) is 0. The van der Waals surface area contributed by atoms with Crippen LogP contribution in [0.2, 0.25) is 0 Å². The number of hydrogen-bond donors (Lipinski definition) is 1. The average molecular weight is 316 g/mol. The number of aliphatic hydroxyl groups is 1. The first kappa shape index (κ1) is 19.2.